The third kappa shape index (κ3) is 2.30. The number of nitrogens with zero attached hydrogens (tertiary/aromatic N) is 1. The maximum Gasteiger partial charge on any atom is 0.272 e. The molecule has 1 aromatic carbocycles. The van der Waals surface area contributed by atoms with Crippen molar-refractivity contribution >= 4 is 11.6 Å². The molecule has 1 aromatic heterocycles. The number of phenols is 1. The number of benzene rings is 1. The Labute approximate surface area is 99.5 Å². The van der Waals surface area contributed by atoms with Crippen LogP contribution in [0.25, 0.3) is 0 Å². The fourth-order valence-electron chi connectivity index (χ4n) is 1.58. The zero-order valence-electron chi connectivity index (χ0n) is 9.77. The number of amides is 1. The van der Waals surface area contributed by atoms with Gasteiger partial charge in [0.2, 0.25) is 0 Å². The number of aromatic nitrogens is 1. The molecule has 0 fully saturated rings. The summed E-state index contributed by atoms with van der Waals surface area (Å²) in [5.74, 6) is -0.0181. The average molecular weight is 230 g/mol. The quantitative estimate of drug-likeness (QED) is 0.831. The van der Waals surface area contributed by atoms with Crippen LogP contribution in [0, 0.1) is 6.92 Å². The summed E-state index contributed by atoms with van der Waals surface area (Å²) in [5.41, 5.74) is 1.94. The van der Waals surface area contributed by atoms with E-state index in [1.807, 2.05) is 19.3 Å². The van der Waals surface area contributed by atoms with Gasteiger partial charge in [-0.05, 0) is 30.7 Å². The molecule has 0 spiro atoms. The Morgan fingerprint density at radius 3 is 2.71 bits per heavy atom. The molecule has 0 saturated heterocycles. The molecule has 1 amide bonds. The summed E-state index contributed by atoms with van der Waals surface area (Å²) in [6, 6.07) is 8.60. The van der Waals surface area contributed by atoms with Gasteiger partial charge >= 0.3 is 0 Å². The number of nitrogens with one attached hydrogen (secondary N) is 1. The molecule has 4 heteroatoms. The highest BCUT2D eigenvalue weighted by Crippen LogP contribution is 2.21. The first-order valence-electron chi connectivity index (χ1n) is 5.30. The second-order valence-electron chi connectivity index (χ2n) is 3.96. The largest absolute Gasteiger partial charge is 0.508 e. The zero-order valence-corrected chi connectivity index (χ0v) is 9.77. The minimum absolute atomic E-state index is 0.176. The lowest BCUT2D eigenvalue weighted by atomic mass is 10.2. The van der Waals surface area contributed by atoms with E-state index in [0.717, 1.165) is 5.56 Å². The molecule has 4 nitrogen and oxygen atoms in total. The Hall–Kier alpha value is -2.23. The molecule has 2 N–H and O–H groups in total. The molecule has 0 saturated carbocycles. The number of phenolic OH excluding ortho intramolecular Hbond substituents is 1. The topological polar surface area (TPSA) is 54.3 Å². The number of hydrogen-bond donors (Lipinski definition) is 2. The van der Waals surface area contributed by atoms with Crippen LogP contribution in [0.2, 0.25) is 0 Å². The monoisotopic (exact) mass is 230 g/mol. The Morgan fingerprint density at radius 1 is 1.35 bits per heavy atom. The van der Waals surface area contributed by atoms with Gasteiger partial charge in [-0.25, -0.2) is 0 Å². The molecule has 0 aliphatic heterocycles. The number of carbonyl (C=O) groups is 1. The number of aromatic hydroxyl groups is 1. The number of aryl methyl sites for hydroxylation is 2. The van der Waals surface area contributed by atoms with Crippen LogP contribution >= 0.6 is 0 Å². The molecule has 0 aliphatic rings. The van der Waals surface area contributed by atoms with Crippen molar-refractivity contribution in [2.45, 2.75) is 6.92 Å². The summed E-state index contributed by atoms with van der Waals surface area (Å²) < 4.78 is 1.74. The van der Waals surface area contributed by atoms with E-state index in [9.17, 15) is 9.90 Å². The second kappa shape index (κ2) is 4.33. The summed E-state index contributed by atoms with van der Waals surface area (Å²) in [7, 11) is 1.81. The van der Waals surface area contributed by atoms with E-state index in [1.165, 1.54) is 6.07 Å². The molecular formula is C13H14N2O2. The van der Waals surface area contributed by atoms with Crippen LogP contribution in [0.1, 0.15) is 16.1 Å². The van der Waals surface area contributed by atoms with Gasteiger partial charge in [0, 0.05) is 25.0 Å². The minimum Gasteiger partial charge on any atom is -0.508 e. The van der Waals surface area contributed by atoms with Crippen LogP contribution in [-0.2, 0) is 7.05 Å². The Balaban J connectivity index is 2.19. The van der Waals surface area contributed by atoms with E-state index in [1.54, 1.807) is 29.7 Å². The SMILES string of the molecule is Cc1ccc(NC(=O)c2cccn2C)cc1O. The summed E-state index contributed by atoms with van der Waals surface area (Å²) in [6.45, 7) is 1.80. The molecular weight excluding hydrogens is 216 g/mol. The van der Waals surface area contributed by atoms with Gasteiger partial charge in [0.25, 0.3) is 5.91 Å². The Kier molecular flexibility index (Phi) is 2.87. The predicted molar refractivity (Wildman–Crippen MR) is 66.2 cm³/mol. The highest BCUT2D eigenvalue weighted by Gasteiger charge is 2.09. The standard InChI is InChI=1S/C13H14N2O2/c1-9-5-6-10(8-12(9)16)14-13(17)11-4-3-7-15(11)2/h3-8,16H,1-2H3,(H,14,17). The lowest BCUT2D eigenvalue weighted by Gasteiger charge is -2.07. The number of anilines is 1. The third-order valence-corrected chi connectivity index (χ3v) is 2.64. The van der Waals surface area contributed by atoms with Crippen molar-refractivity contribution in [3.05, 3.63) is 47.8 Å². The number of rotatable bonds is 2. The van der Waals surface area contributed by atoms with Crippen LogP contribution in [0.5, 0.6) is 5.75 Å². The van der Waals surface area contributed by atoms with Gasteiger partial charge in [-0.2, -0.15) is 0 Å². The van der Waals surface area contributed by atoms with Gasteiger partial charge in [-0.15, -0.1) is 0 Å². The van der Waals surface area contributed by atoms with E-state index in [0.29, 0.717) is 11.4 Å². The Bertz CT molecular complexity index is 558. The van der Waals surface area contributed by atoms with E-state index < -0.39 is 0 Å². The van der Waals surface area contributed by atoms with Gasteiger partial charge < -0.3 is 15.0 Å². The fraction of sp³-hybridized carbons (Fsp3) is 0.154. The fourth-order valence-corrected chi connectivity index (χ4v) is 1.58. The van der Waals surface area contributed by atoms with Crippen LogP contribution in [0.4, 0.5) is 5.69 Å². The summed E-state index contributed by atoms with van der Waals surface area (Å²) in [6.07, 6.45) is 1.81. The lowest BCUT2D eigenvalue weighted by molar-refractivity contribution is 0.101. The highest BCUT2D eigenvalue weighted by molar-refractivity contribution is 6.03. The van der Waals surface area contributed by atoms with E-state index in [4.69, 9.17) is 0 Å². The van der Waals surface area contributed by atoms with Crippen molar-refractivity contribution < 1.29 is 9.90 Å². The second-order valence-corrected chi connectivity index (χ2v) is 3.96. The molecule has 0 aliphatic carbocycles. The van der Waals surface area contributed by atoms with Crippen molar-refractivity contribution in [1.29, 1.82) is 0 Å². The van der Waals surface area contributed by atoms with Gasteiger partial charge in [-0.3, -0.25) is 4.79 Å². The lowest BCUT2D eigenvalue weighted by Crippen LogP contribution is -2.15. The normalized spacial score (nSPS) is 10.2. The molecule has 2 aromatic rings. The summed E-state index contributed by atoms with van der Waals surface area (Å²) >= 11 is 0. The van der Waals surface area contributed by atoms with E-state index >= 15 is 0 Å². The Morgan fingerprint density at radius 2 is 2.12 bits per heavy atom. The first-order valence-corrected chi connectivity index (χ1v) is 5.30. The maximum atomic E-state index is 11.9. The zero-order chi connectivity index (χ0) is 12.4. The van der Waals surface area contributed by atoms with Crippen LogP contribution in [0.15, 0.2) is 36.5 Å². The van der Waals surface area contributed by atoms with Crippen LogP contribution in [-0.4, -0.2) is 15.6 Å². The van der Waals surface area contributed by atoms with Crippen molar-refractivity contribution in [2.24, 2.45) is 7.05 Å². The average Bonchev–Trinajstić information content (AvgIpc) is 2.70. The van der Waals surface area contributed by atoms with E-state index in [-0.39, 0.29) is 11.7 Å². The van der Waals surface area contributed by atoms with Crippen molar-refractivity contribution in [3.8, 4) is 5.75 Å². The molecule has 1 heterocycles. The molecule has 0 radical (unpaired) electrons. The van der Waals surface area contributed by atoms with Gasteiger partial charge in [0.1, 0.15) is 11.4 Å². The third-order valence-electron chi connectivity index (χ3n) is 2.64. The van der Waals surface area contributed by atoms with Gasteiger partial charge in [-0.1, -0.05) is 6.07 Å². The molecule has 88 valence electrons. The van der Waals surface area contributed by atoms with Crippen molar-refractivity contribution in [1.82, 2.24) is 4.57 Å². The van der Waals surface area contributed by atoms with Crippen molar-refractivity contribution in [3.63, 3.8) is 0 Å². The minimum atomic E-state index is -0.194. The van der Waals surface area contributed by atoms with Gasteiger partial charge in [0.15, 0.2) is 0 Å². The molecule has 2 rings (SSSR count). The van der Waals surface area contributed by atoms with E-state index in [2.05, 4.69) is 5.32 Å². The van der Waals surface area contributed by atoms with Crippen LogP contribution < -0.4 is 5.32 Å². The predicted octanol–water partition coefficient (Wildman–Crippen LogP) is 2.29. The molecule has 17 heavy (non-hydrogen) atoms. The van der Waals surface area contributed by atoms with Gasteiger partial charge in [0.05, 0.1) is 0 Å². The molecule has 0 unspecified atom stereocenters. The summed E-state index contributed by atoms with van der Waals surface area (Å²) in [4.78, 5) is 11.9. The van der Waals surface area contributed by atoms with Crippen LogP contribution in [0.3, 0.4) is 0 Å². The summed E-state index contributed by atoms with van der Waals surface area (Å²) in [5, 5.41) is 12.3. The molecule has 0 bridgehead atoms. The smallest absolute Gasteiger partial charge is 0.272 e. The number of hydrogen-bond acceptors (Lipinski definition) is 2. The number of carbonyl (C=O) groups excluding carboxylic acids is 1. The molecule has 0 atom stereocenters. The first-order chi connectivity index (χ1) is 8.08. The highest BCUT2D eigenvalue weighted by atomic mass is 16.3. The maximum absolute atomic E-state index is 11.9. The first kappa shape index (κ1) is 11.3. The van der Waals surface area contributed by atoms with Crippen molar-refractivity contribution in [2.75, 3.05) is 5.32 Å².